The Morgan fingerprint density at radius 3 is 2.41 bits per heavy atom. The smallest absolute Gasteiger partial charge is 0.223 e. The summed E-state index contributed by atoms with van der Waals surface area (Å²) in [7, 11) is 0. The molecule has 2 fully saturated rings. The zero-order valence-corrected chi connectivity index (χ0v) is 15.1. The number of hydrogen-bond donors (Lipinski definition) is 1. The Balaban J connectivity index is 1.95. The van der Waals surface area contributed by atoms with E-state index in [1.165, 1.54) is 32.1 Å². The van der Waals surface area contributed by atoms with E-state index in [-0.39, 0.29) is 0 Å². The number of rotatable bonds is 4. The maximum atomic E-state index is 12.9. The summed E-state index contributed by atoms with van der Waals surface area (Å²) in [5.41, 5.74) is 0. The van der Waals surface area contributed by atoms with Gasteiger partial charge in [0.15, 0.2) is 0 Å². The SMILES string of the molecule is CC(C)[C@@H]1CC[C@@H](C)CCN1C(=O)C[C@H](C)C1CCNCC1. The second-order valence-corrected chi connectivity index (χ2v) is 8.14. The quantitative estimate of drug-likeness (QED) is 0.859. The molecule has 0 saturated carbocycles. The van der Waals surface area contributed by atoms with E-state index in [1.807, 2.05) is 0 Å². The summed E-state index contributed by atoms with van der Waals surface area (Å²) in [4.78, 5) is 15.2. The maximum Gasteiger partial charge on any atom is 0.223 e. The van der Waals surface area contributed by atoms with Crippen molar-refractivity contribution in [2.24, 2.45) is 23.7 Å². The van der Waals surface area contributed by atoms with Crippen molar-refractivity contribution in [1.29, 1.82) is 0 Å². The van der Waals surface area contributed by atoms with Gasteiger partial charge in [0.1, 0.15) is 0 Å². The fourth-order valence-corrected chi connectivity index (χ4v) is 4.26. The zero-order chi connectivity index (χ0) is 16.1. The van der Waals surface area contributed by atoms with E-state index < -0.39 is 0 Å². The highest BCUT2D eigenvalue weighted by molar-refractivity contribution is 5.76. The number of piperidine rings is 1. The molecule has 1 amide bonds. The highest BCUT2D eigenvalue weighted by atomic mass is 16.2. The van der Waals surface area contributed by atoms with Crippen LogP contribution in [0.1, 0.15) is 66.2 Å². The molecule has 22 heavy (non-hydrogen) atoms. The molecule has 2 aliphatic heterocycles. The number of nitrogens with one attached hydrogen (secondary N) is 1. The van der Waals surface area contributed by atoms with Gasteiger partial charge in [-0.25, -0.2) is 0 Å². The molecule has 0 spiro atoms. The summed E-state index contributed by atoms with van der Waals surface area (Å²) in [5.74, 6) is 3.01. The first-order valence-electron chi connectivity index (χ1n) is 9.49. The first kappa shape index (κ1) is 17.8. The number of carbonyl (C=O) groups is 1. The van der Waals surface area contributed by atoms with Crippen molar-refractivity contribution in [2.45, 2.75) is 72.3 Å². The molecule has 3 nitrogen and oxygen atoms in total. The molecule has 0 radical (unpaired) electrons. The van der Waals surface area contributed by atoms with E-state index in [1.54, 1.807) is 0 Å². The van der Waals surface area contributed by atoms with E-state index >= 15 is 0 Å². The van der Waals surface area contributed by atoms with Gasteiger partial charge < -0.3 is 10.2 Å². The number of carbonyl (C=O) groups excluding carboxylic acids is 1. The van der Waals surface area contributed by atoms with Crippen LogP contribution in [0.5, 0.6) is 0 Å². The molecule has 1 N–H and O–H groups in total. The normalized spacial score (nSPS) is 29.4. The third-order valence-corrected chi connectivity index (χ3v) is 5.99. The summed E-state index contributed by atoms with van der Waals surface area (Å²) in [6.07, 6.45) is 6.86. The minimum absolute atomic E-state index is 0.416. The van der Waals surface area contributed by atoms with Crippen LogP contribution in [0.25, 0.3) is 0 Å². The lowest BCUT2D eigenvalue weighted by Crippen LogP contribution is -2.44. The lowest BCUT2D eigenvalue weighted by molar-refractivity contribution is -0.135. The van der Waals surface area contributed by atoms with Crippen molar-refractivity contribution in [3.63, 3.8) is 0 Å². The monoisotopic (exact) mass is 308 g/mol. The van der Waals surface area contributed by atoms with Gasteiger partial charge in [0.05, 0.1) is 0 Å². The van der Waals surface area contributed by atoms with Gasteiger partial charge >= 0.3 is 0 Å². The minimum atomic E-state index is 0.416. The van der Waals surface area contributed by atoms with Crippen LogP contribution in [0.4, 0.5) is 0 Å². The third kappa shape index (κ3) is 4.71. The second kappa shape index (κ2) is 8.33. The number of likely N-dealkylation sites (tertiary alicyclic amines) is 1. The molecule has 0 aliphatic carbocycles. The van der Waals surface area contributed by atoms with Crippen molar-refractivity contribution in [2.75, 3.05) is 19.6 Å². The van der Waals surface area contributed by atoms with Gasteiger partial charge in [-0.1, -0.05) is 27.7 Å². The van der Waals surface area contributed by atoms with Gasteiger partial charge in [0.25, 0.3) is 0 Å². The predicted octanol–water partition coefficient (Wildman–Crippen LogP) is 3.69. The van der Waals surface area contributed by atoms with Gasteiger partial charge in [-0.3, -0.25) is 4.79 Å². The van der Waals surface area contributed by atoms with Crippen molar-refractivity contribution < 1.29 is 4.79 Å². The molecule has 0 unspecified atom stereocenters. The molecular weight excluding hydrogens is 272 g/mol. The van der Waals surface area contributed by atoms with Gasteiger partial charge in [0.2, 0.25) is 5.91 Å². The average molecular weight is 309 g/mol. The fraction of sp³-hybridized carbons (Fsp3) is 0.947. The summed E-state index contributed by atoms with van der Waals surface area (Å²) < 4.78 is 0. The molecule has 2 saturated heterocycles. The Morgan fingerprint density at radius 2 is 1.77 bits per heavy atom. The summed E-state index contributed by atoms with van der Waals surface area (Å²) >= 11 is 0. The van der Waals surface area contributed by atoms with Crippen molar-refractivity contribution >= 4 is 5.91 Å². The Labute approximate surface area is 137 Å². The summed E-state index contributed by atoms with van der Waals surface area (Å²) in [6, 6.07) is 0.456. The topological polar surface area (TPSA) is 32.3 Å². The first-order valence-corrected chi connectivity index (χ1v) is 9.49. The lowest BCUT2D eigenvalue weighted by Gasteiger charge is -2.35. The third-order valence-electron chi connectivity index (χ3n) is 5.99. The summed E-state index contributed by atoms with van der Waals surface area (Å²) in [5, 5.41) is 3.43. The molecule has 0 aromatic rings. The maximum absolute atomic E-state index is 12.9. The Kier molecular flexibility index (Phi) is 6.73. The molecule has 2 rings (SSSR count). The van der Waals surface area contributed by atoms with E-state index in [0.717, 1.165) is 37.9 Å². The molecule has 128 valence electrons. The van der Waals surface area contributed by atoms with Gasteiger partial charge in [-0.15, -0.1) is 0 Å². The van der Waals surface area contributed by atoms with Crippen molar-refractivity contribution in [3.05, 3.63) is 0 Å². The highest BCUT2D eigenvalue weighted by Crippen LogP contribution is 2.29. The highest BCUT2D eigenvalue weighted by Gasteiger charge is 2.31. The van der Waals surface area contributed by atoms with Gasteiger partial charge in [-0.05, 0) is 68.9 Å². The summed E-state index contributed by atoms with van der Waals surface area (Å²) in [6.45, 7) is 12.4. The number of nitrogens with zero attached hydrogens (tertiary/aromatic N) is 1. The second-order valence-electron chi connectivity index (χ2n) is 8.14. The van der Waals surface area contributed by atoms with Crippen LogP contribution in [-0.4, -0.2) is 36.5 Å². The Hall–Kier alpha value is -0.570. The van der Waals surface area contributed by atoms with Crippen LogP contribution in [0.15, 0.2) is 0 Å². The average Bonchev–Trinajstić information content (AvgIpc) is 2.70. The molecule has 2 heterocycles. The van der Waals surface area contributed by atoms with Crippen molar-refractivity contribution in [3.8, 4) is 0 Å². The number of amides is 1. The van der Waals surface area contributed by atoms with Gasteiger partial charge in [-0.2, -0.15) is 0 Å². The van der Waals surface area contributed by atoms with Crippen LogP contribution >= 0.6 is 0 Å². The van der Waals surface area contributed by atoms with E-state index in [4.69, 9.17) is 0 Å². The standard InChI is InChI=1S/C19H36N2O/c1-14(2)18-6-5-15(3)9-12-21(18)19(22)13-16(4)17-7-10-20-11-8-17/h14-18,20H,5-13H2,1-4H3/t15-,16+,18+/m1/s1. The van der Waals surface area contributed by atoms with Crippen LogP contribution < -0.4 is 5.32 Å². The zero-order valence-electron chi connectivity index (χ0n) is 15.1. The van der Waals surface area contributed by atoms with Crippen LogP contribution in [0.3, 0.4) is 0 Å². The predicted molar refractivity (Wildman–Crippen MR) is 92.7 cm³/mol. The van der Waals surface area contributed by atoms with Gasteiger partial charge in [0, 0.05) is 19.0 Å². The van der Waals surface area contributed by atoms with Crippen LogP contribution in [-0.2, 0) is 4.79 Å². The van der Waals surface area contributed by atoms with Crippen LogP contribution in [0, 0.1) is 23.7 Å². The Morgan fingerprint density at radius 1 is 1.09 bits per heavy atom. The minimum Gasteiger partial charge on any atom is -0.339 e. The molecule has 0 bridgehead atoms. The first-order chi connectivity index (χ1) is 10.5. The van der Waals surface area contributed by atoms with Crippen LogP contribution in [0.2, 0.25) is 0 Å². The fourth-order valence-electron chi connectivity index (χ4n) is 4.26. The molecule has 2 aliphatic rings. The molecule has 3 heteroatoms. The molecule has 0 aromatic heterocycles. The molecule has 3 atom stereocenters. The Bertz CT molecular complexity index is 349. The molecule has 0 aromatic carbocycles. The van der Waals surface area contributed by atoms with E-state index in [0.29, 0.717) is 23.8 Å². The molecular formula is C19H36N2O. The van der Waals surface area contributed by atoms with Crippen molar-refractivity contribution in [1.82, 2.24) is 10.2 Å². The van der Waals surface area contributed by atoms with E-state index in [9.17, 15) is 4.79 Å². The number of hydrogen-bond acceptors (Lipinski definition) is 2. The van der Waals surface area contributed by atoms with E-state index in [2.05, 4.69) is 37.9 Å². The lowest BCUT2D eigenvalue weighted by atomic mass is 9.83. The largest absolute Gasteiger partial charge is 0.339 e.